The Hall–Kier alpha value is -1.12. The van der Waals surface area contributed by atoms with E-state index in [0.29, 0.717) is 36.6 Å². The number of carbonyl (C=O) groups is 2. The van der Waals surface area contributed by atoms with Gasteiger partial charge in [-0.05, 0) is 61.7 Å². The van der Waals surface area contributed by atoms with Gasteiger partial charge in [0.2, 0.25) is 11.8 Å². The number of amides is 2. The van der Waals surface area contributed by atoms with Gasteiger partial charge in [-0.2, -0.15) is 0 Å². The molecule has 1 saturated heterocycles. The summed E-state index contributed by atoms with van der Waals surface area (Å²) in [6.45, 7) is 11.4. The lowest BCUT2D eigenvalue weighted by Crippen LogP contribution is -2.44. The maximum Gasteiger partial charge on any atom is 0.233 e. The number of carbonyl (C=O) groups excluding carboxylic acids is 2. The van der Waals surface area contributed by atoms with Crippen molar-refractivity contribution in [3.05, 3.63) is 12.2 Å². The summed E-state index contributed by atoms with van der Waals surface area (Å²) in [5.74, 6) is 2.91. The number of hydrogen-bond donors (Lipinski definition) is 0. The lowest BCUT2D eigenvalue weighted by molar-refractivity contribution is -0.147. The first-order chi connectivity index (χ1) is 14.5. The van der Waals surface area contributed by atoms with E-state index < -0.39 is 0 Å². The van der Waals surface area contributed by atoms with Crippen LogP contribution in [0.5, 0.6) is 0 Å². The Morgan fingerprint density at radius 3 is 2.23 bits per heavy atom. The Labute approximate surface area is 185 Å². The van der Waals surface area contributed by atoms with E-state index in [1.807, 2.05) is 0 Å². The standard InChI is InChI=1S/C27H45NO2/c1-5-10-20(4)18-28-25(29)17-24(21-15-13-19(3)14-16-21)23(6-2)26(27(28)30)22-11-8-7-9-12-22/h19,21-24,26H,4-18H2,1-3H3. The van der Waals surface area contributed by atoms with Crippen LogP contribution in [0, 0.1) is 35.5 Å². The van der Waals surface area contributed by atoms with E-state index in [1.54, 1.807) is 4.90 Å². The summed E-state index contributed by atoms with van der Waals surface area (Å²) in [7, 11) is 0. The first-order valence-corrected chi connectivity index (χ1v) is 13.0. The van der Waals surface area contributed by atoms with Gasteiger partial charge in [0.15, 0.2) is 0 Å². The summed E-state index contributed by atoms with van der Waals surface area (Å²) in [5.41, 5.74) is 1.03. The molecule has 0 spiro atoms. The van der Waals surface area contributed by atoms with Gasteiger partial charge in [-0.3, -0.25) is 14.5 Å². The molecule has 0 bridgehead atoms. The van der Waals surface area contributed by atoms with Gasteiger partial charge in [0, 0.05) is 18.9 Å². The van der Waals surface area contributed by atoms with Gasteiger partial charge in [0.05, 0.1) is 0 Å². The fraction of sp³-hybridized carbons (Fsp3) is 0.852. The molecule has 0 N–H and O–H groups in total. The lowest BCUT2D eigenvalue weighted by Gasteiger charge is -2.41. The highest BCUT2D eigenvalue weighted by molar-refractivity contribution is 5.98. The smallest absolute Gasteiger partial charge is 0.233 e. The van der Waals surface area contributed by atoms with Crippen LogP contribution in [0.4, 0.5) is 0 Å². The van der Waals surface area contributed by atoms with E-state index in [2.05, 4.69) is 27.4 Å². The topological polar surface area (TPSA) is 37.4 Å². The van der Waals surface area contributed by atoms with Crippen LogP contribution in [0.25, 0.3) is 0 Å². The van der Waals surface area contributed by atoms with Crippen LogP contribution in [0.2, 0.25) is 0 Å². The molecule has 0 aromatic carbocycles. The average molecular weight is 416 g/mol. The molecule has 1 heterocycles. The molecule has 1 aliphatic heterocycles. The number of rotatable bonds is 7. The molecule has 2 saturated carbocycles. The Bertz CT molecular complexity index is 598. The van der Waals surface area contributed by atoms with Crippen molar-refractivity contribution < 1.29 is 9.59 Å². The van der Waals surface area contributed by atoms with Crippen LogP contribution in [0.3, 0.4) is 0 Å². The zero-order valence-corrected chi connectivity index (χ0v) is 19.8. The Morgan fingerprint density at radius 1 is 0.967 bits per heavy atom. The summed E-state index contributed by atoms with van der Waals surface area (Å²) in [6, 6.07) is 0. The molecule has 2 amide bonds. The first kappa shape index (κ1) is 23.5. The van der Waals surface area contributed by atoms with Gasteiger partial charge in [-0.1, -0.05) is 77.9 Å². The lowest BCUT2D eigenvalue weighted by atomic mass is 9.63. The summed E-state index contributed by atoms with van der Waals surface area (Å²) < 4.78 is 0. The third-order valence-electron chi connectivity index (χ3n) is 8.55. The monoisotopic (exact) mass is 415 g/mol. The highest BCUT2D eigenvalue weighted by Gasteiger charge is 2.47. The molecular weight excluding hydrogens is 370 g/mol. The molecule has 30 heavy (non-hydrogen) atoms. The summed E-state index contributed by atoms with van der Waals surface area (Å²) in [5, 5.41) is 0. The van der Waals surface area contributed by atoms with Crippen molar-refractivity contribution in [2.75, 3.05) is 6.54 Å². The van der Waals surface area contributed by atoms with Gasteiger partial charge < -0.3 is 0 Å². The van der Waals surface area contributed by atoms with Crippen LogP contribution in [-0.4, -0.2) is 23.3 Å². The van der Waals surface area contributed by atoms with Gasteiger partial charge in [0.25, 0.3) is 0 Å². The van der Waals surface area contributed by atoms with Crippen LogP contribution < -0.4 is 0 Å². The third kappa shape index (κ3) is 5.37. The van der Waals surface area contributed by atoms with E-state index in [9.17, 15) is 9.59 Å². The average Bonchev–Trinajstić information content (AvgIpc) is 2.84. The molecule has 3 fully saturated rings. The van der Waals surface area contributed by atoms with Crippen molar-refractivity contribution in [2.24, 2.45) is 35.5 Å². The quantitative estimate of drug-likeness (QED) is 0.340. The maximum absolute atomic E-state index is 13.9. The van der Waals surface area contributed by atoms with Gasteiger partial charge in [-0.25, -0.2) is 0 Å². The number of imide groups is 1. The van der Waals surface area contributed by atoms with Gasteiger partial charge in [-0.15, -0.1) is 0 Å². The molecular formula is C27H45NO2. The van der Waals surface area contributed by atoms with Crippen molar-refractivity contribution in [3.8, 4) is 0 Å². The highest BCUT2D eigenvalue weighted by atomic mass is 16.2. The second kappa shape index (κ2) is 11.0. The highest BCUT2D eigenvalue weighted by Crippen LogP contribution is 2.47. The second-order valence-corrected chi connectivity index (χ2v) is 10.7. The molecule has 0 radical (unpaired) electrons. The molecule has 0 aromatic heterocycles. The molecule has 170 valence electrons. The number of nitrogens with zero attached hydrogens (tertiary/aromatic N) is 1. The van der Waals surface area contributed by atoms with Crippen molar-refractivity contribution >= 4 is 11.8 Å². The van der Waals surface area contributed by atoms with Gasteiger partial charge in [0.1, 0.15) is 0 Å². The van der Waals surface area contributed by atoms with E-state index in [1.165, 1.54) is 57.8 Å². The Balaban J connectivity index is 1.91. The van der Waals surface area contributed by atoms with E-state index in [-0.39, 0.29) is 17.7 Å². The second-order valence-electron chi connectivity index (χ2n) is 10.7. The molecule has 2 aliphatic carbocycles. The van der Waals surface area contributed by atoms with Crippen LogP contribution in [-0.2, 0) is 9.59 Å². The fourth-order valence-electron chi connectivity index (χ4n) is 6.87. The Kier molecular flexibility index (Phi) is 8.60. The van der Waals surface area contributed by atoms with E-state index in [0.717, 1.165) is 30.8 Å². The molecule has 3 atom stereocenters. The molecule has 0 aromatic rings. The number of likely N-dealkylation sites (tertiary alicyclic amines) is 1. The molecule has 3 unspecified atom stereocenters. The van der Waals surface area contributed by atoms with Crippen molar-refractivity contribution in [3.63, 3.8) is 0 Å². The van der Waals surface area contributed by atoms with Crippen molar-refractivity contribution in [1.29, 1.82) is 0 Å². The minimum Gasteiger partial charge on any atom is -0.278 e. The molecule has 3 rings (SSSR count). The zero-order valence-electron chi connectivity index (χ0n) is 19.8. The third-order valence-corrected chi connectivity index (χ3v) is 8.55. The van der Waals surface area contributed by atoms with Crippen LogP contribution in [0.15, 0.2) is 12.2 Å². The zero-order chi connectivity index (χ0) is 21.7. The number of hydrogen-bond acceptors (Lipinski definition) is 2. The van der Waals surface area contributed by atoms with Crippen LogP contribution in [0.1, 0.15) is 104 Å². The van der Waals surface area contributed by atoms with E-state index >= 15 is 0 Å². The van der Waals surface area contributed by atoms with Crippen molar-refractivity contribution in [2.45, 2.75) is 104 Å². The Morgan fingerprint density at radius 2 is 1.63 bits per heavy atom. The largest absolute Gasteiger partial charge is 0.278 e. The van der Waals surface area contributed by atoms with Gasteiger partial charge >= 0.3 is 0 Å². The predicted molar refractivity (Wildman–Crippen MR) is 124 cm³/mol. The summed E-state index contributed by atoms with van der Waals surface area (Å²) in [6.07, 6.45) is 14.7. The fourth-order valence-corrected chi connectivity index (χ4v) is 6.87. The molecule has 3 aliphatic rings. The minimum absolute atomic E-state index is 0.0422. The summed E-state index contributed by atoms with van der Waals surface area (Å²) >= 11 is 0. The predicted octanol–water partition coefficient (Wildman–Crippen LogP) is 6.77. The van der Waals surface area contributed by atoms with Crippen molar-refractivity contribution in [1.82, 2.24) is 4.90 Å². The molecule has 3 nitrogen and oxygen atoms in total. The van der Waals surface area contributed by atoms with Crippen LogP contribution >= 0.6 is 0 Å². The first-order valence-electron chi connectivity index (χ1n) is 13.0. The summed E-state index contributed by atoms with van der Waals surface area (Å²) in [4.78, 5) is 29.0. The molecule has 3 heteroatoms. The normalized spacial score (nSPS) is 34.1. The maximum atomic E-state index is 13.9. The van der Waals surface area contributed by atoms with E-state index in [4.69, 9.17) is 0 Å². The SMILES string of the molecule is C=C(CCC)CN1C(=O)CC(C2CCC(C)CC2)C(CC)C(C2CCCCC2)C1=O. The minimum atomic E-state index is 0.0422.